The van der Waals surface area contributed by atoms with E-state index in [1.807, 2.05) is 0 Å². The van der Waals surface area contributed by atoms with Gasteiger partial charge in [-0.1, -0.05) is 19.9 Å². The second kappa shape index (κ2) is 8.87. The Morgan fingerprint density at radius 1 is 1.19 bits per heavy atom. The fourth-order valence-corrected chi connectivity index (χ4v) is 6.06. The Morgan fingerprint density at radius 3 is 2.42 bits per heavy atom. The molecule has 0 N–H and O–H groups in total. The summed E-state index contributed by atoms with van der Waals surface area (Å²) in [5, 5.41) is 0.890. The van der Waals surface area contributed by atoms with Crippen molar-refractivity contribution in [3.05, 3.63) is 45.4 Å². The highest BCUT2D eigenvalue weighted by Gasteiger charge is 2.35. The second-order valence-corrected chi connectivity index (χ2v) is 10.9. The molecule has 2 heterocycles. The van der Waals surface area contributed by atoms with Crippen LogP contribution in [-0.4, -0.2) is 54.7 Å². The van der Waals surface area contributed by atoms with Gasteiger partial charge in [-0.3, -0.25) is 4.79 Å². The first kappa shape index (κ1) is 23.7. The highest BCUT2D eigenvalue weighted by molar-refractivity contribution is 7.89. The Labute approximate surface area is 183 Å². The number of carbonyl (C=O) groups excluding carboxylic acids is 1. The van der Waals surface area contributed by atoms with Crippen LogP contribution in [0.4, 0.5) is 13.2 Å². The van der Waals surface area contributed by atoms with Crippen LogP contribution < -0.4 is 0 Å². The van der Waals surface area contributed by atoms with E-state index in [0.29, 0.717) is 22.6 Å². The summed E-state index contributed by atoms with van der Waals surface area (Å²) in [6.45, 7) is 6.27. The van der Waals surface area contributed by atoms with Crippen molar-refractivity contribution in [3.63, 3.8) is 0 Å². The predicted octanol–water partition coefficient (Wildman–Crippen LogP) is 3.82. The van der Waals surface area contributed by atoms with E-state index in [-0.39, 0.29) is 32.1 Å². The molecule has 0 radical (unpaired) electrons. The molecule has 31 heavy (non-hydrogen) atoms. The van der Waals surface area contributed by atoms with Crippen molar-refractivity contribution in [1.29, 1.82) is 0 Å². The number of aromatic nitrogens is 1. The van der Waals surface area contributed by atoms with Gasteiger partial charge < -0.3 is 4.90 Å². The van der Waals surface area contributed by atoms with E-state index in [9.17, 15) is 26.4 Å². The average Bonchev–Trinajstić information content (AvgIpc) is 3.06. The number of rotatable bonds is 5. The number of sulfonamides is 1. The van der Waals surface area contributed by atoms with Crippen LogP contribution in [0.15, 0.2) is 29.2 Å². The lowest BCUT2D eigenvalue weighted by molar-refractivity contribution is -0.137. The van der Waals surface area contributed by atoms with Crippen LogP contribution in [0.5, 0.6) is 0 Å². The number of amides is 1. The highest BCUT2D eigenvalue weighted by Crippen LogP contribution is 2.31. The number of aryl methyl sites for hydroxylation is 1. The molecule has 0 unspecified atom stereocenters. The summed E-state index contributed by atoms with van der Waals surface area (Å²) in [5.74, 6) is 0.222. The monoisotopic (exact) mass is 475 g/mol. The maximum atomic E-state index is 12.9. The zero-order valence-corrected chi connectivity index (χ0v) is 19.1. The summed E-state index contributed by atoms with van der Waals surface area (Å²) < 4.78 is 65.6. The van der Waals surface area contributed by atoms with Gasteiger partial charge in [0.05, 0.1) is 21.2 Å². The second-order valence-electron chi connectivity index (χ2n) is 7.84. The van der Waals surface area contributed by atoms with Crippen molar-refractivity contribution < 1.29 is 26.4 Å². The molecule has 1 aliphatic rings. The van der Waals surface area contributed by atoms with Gasteiger partial charge in [0.25, 0.3) is 5.91 Å². The van der Waals surface area contributed by atoms with Gasteiger partial charge in [0, 0.05) is 32.6 Å². The molecule has 11 heteroatoms. The topological polar surface area (TPSA) is 70.6 Å². The van der Waals surface area contributed by atoms with Crippen molar-refractivity contribution >= 4 is 27.3 Å². The highest BCUT2D eigenvalue weighted by atomic mass is 32.2. The number of hydrogen-bond acceptors (Lipinski definition) is 5. The van der Waals surface area contributed by atoms with Gasteiger partial charge in [-0.2, -0.15) is 17.5 Å². The largest absolute Gasteiger partial charge is 0.416 e. The molecule has 0 aliphatic carbocycles. The maximum absolute atomic E-state index is 12.9. The van der Waals surface area contributed by atoms with Crippen molar-refractivity contribution in [1.82, 2.24) is 14.2 Å². The molecule has 1 amide bonds. The SMILES string of the molecule is Cc1nc(CC(C)C)sc1C(=O)N1CCN(S(=O)(=O)c2cccc(C(F)(F)F)c2)CC1. The zero-order chi connectivity index (χ0) is 23.0. The van der Waals surface area contributed by atoms with Gasteiger partial charge in [0.2, 0.25) is 10.0 Å². The van der Waals surface area contributed by atoms with E-state index in [2.05, 4.69) is 18.8 Å². The molecule has 1 aliphatic heterocycles. The number of nitrogens with zero attached hydrogens (tertiary/aromatic N) is 3. The molecule has 0 spiro atoms. The number of benzene rings is 1. The number of alkyl halides is 3. The van der Waals surface area contributed by atoms with Crippen LogP contribution in [0.25, 0.3) is 0 Å². The molecule has 0 saturated carbocycles. The smallest absolute Gasteiger partial charge is 0.335 e. The average molecular weight is 476 g/mol. The summed E-state index contributed by atoms with van der Waals surface area (Å²) >= 11 is 1.36. The van der Waals surface area contributed by atoms with E-state index >= 15 is 0 Å². The van der Waals surface area contributed by atoms with Crippen LogP contribution in [0.3, 0.4) is 0 Å². The Kier molecular flexibility index (Phi) is 6.78. The van der Waals surface area contributed by atoms with E-state index in [1.165, 1.54) is 11.3 Å². The predicted molar refractivity (Wildman–Crippen MR) is 111 cm³/mol. The molecule has 1 aromatic heterocycles. The van der Waals surface area contributed by atoms with E-state index in [4.69, 9.17) is 0 Å². The molecular formula is C20H24F3N3O3S2. The van der Waals surface area contributed by atoms with Gasteiger partial charge in [-0.15, -0.1) is 11.3 Å². The van der Waals surface area contributed by atoms with Gasteiger partial charge >= 0.3 is 6.18 Å². The fourth-order valence-electron chi connectivity index (χ4n) is 3.34. The Bertz CT molecular complexity index is 1060. The normalized spacial score (nSPS) is 16.2. The van der Waals surface area contributed by atoms with Crippen LogP contribution in [-0.2, 0) is 22.6 Å². The number of hydrogen-bond donors (Lipinski definition) is 0. The molecule has 6 nitrogen and oxygen atoms in total. The van der Waals surface area contributed by atoms with E-state index in [1.54, 1.807) is 11.8 Å². The van der Waals surface area contributed by atoms with Crippen molar-refractivity contribution in [2.24, 2.45) is 5.92 Å². The summed E-state index contributed by atoms with van der Waals surface area (Å²) in [5.41, 5.74) is -0.357. The molecule has 0 atom stereocenters. The number of thiazole rings is 1. The lowest BCUT2D eigenvalue weighted by Gasteiger charge is -2.34. The van der Waals surface area contributed by atoms with Gasteiger partial charge in [-0.05, 0) is 31.0 Å². The first-order chi connectivity index (χ1) is 14.4. The third-order valence-corrected chi connectivity index (χ3v) is 8.01. The lowest BCUT2D eigenvalue weighted by Crippen LogP contribution is -2.50. The Hall–Kier alpha value is -1.98. The molecule has 170 valence electrons. The third kappa shape index (κ3) is 5.27. The molecule has 3 rings (SSSR count). The summed E-state index contributed by atoms with van der Waals surface area (Å²) in [6, 6.07) is 3.71. The Balaban J connectivity index is 1.70. The summed E-state index contributed by atoms with van der Waals surface area (Å²) in [4.78, 5) is 19.1. The van der Waals surface area contributed by atoms with Crippen molar-refractivity contribution in [2.45, 2.75) is 38.3 Å². The fraction of sp³-hybridized carbons (Fsp3) is 0.500. The van der Waals surface area contributed by atoms with E-state index in [0.717, 1.165) is 33.9 Å². The summed E-state index contributed by atoms with van der Waals surface area (Å²) in [6.07, 6.45) is -3.85. The maximum Gasteiger partial charge on any atom is 0.416 e. The first-order valence-electron chi connectivity index (χ1n) is 9.82. The molecule has 1 saturated heterocycles. The minimum absolute atomic E-state index is 0.0149. The lowest BCUT2D eigenvalue weighted by atomic mass is 10.1. The number of carbonyl (C=O) groups is 1. The summed E-state index contributed by atoms with van der Waals surface area (Å²) in [7, 11) is -4.09. The third-order valence-electron chi connectivity index (χ3n) is 4.94. The van der Waals surface area contributed by atoms with Gasteiger partial charge in [-0.25, -0.2) is 13.4 Å². The van der Waals surface area contributed by atoms with Crippen LogP contribution in [0, 0.1) is 12.8 Å². The number of piperazine rings is 1. The van der Waals surface area contributed by atoms with Crippen LogP contribution >= 0.6 is 11.3 Å². The Morgan fingerprint density at radius 2 is 1.84 bits per heavy atom. The molecule has 0 bridgehead atoms. The van der Waals surface area contributed by atoms with Gasteiger partial charge in [0.15, 0.2) is 0 Å². The van der Waals surface area contributed by atoms with Crippen LogP contribution in [0.2, 0.25) is 0 Å². The minimum atomic E-state index is -4.63. The first-order valence-corrected chi connectivity index (χ1v) is 12.1. The molecule has 1 fully saturated rings. The number of halogens is 3. The van der Waals surface area contributed by atoms with Crippen molar-refractivity contribution in [2.75, 3.05) is 26.2 Å². The van der Waals surface area contributed by atoms with Crippen molar-refractivity contribution in [3.8, 4) is 0 Å². The standard InChI is InChI=1S/C20H24F3N3O3S2/c1-13(2)11-17-24-14(3)18(30-17)19(27)25-7-9-26(10-8-25)31(28,29)16-6-4-5-15(12-16)20(21,22)23/h4-6,12-13H,7-11H2,1-3H3. The van der Waals surface area contributed by atoms with Gasteiger partial charge in [0.1, 0.15) is 4.88 Å². The zero-order valence-electron chi connectivity index (χ0n) is 17.4. The molecule has 2 aromatic rings. The van der Waals surface area contributed by atoms with Crippen LogP contribution in [0.1, 0.15) is 39.8 Å². The quantitative estimate of drug-likeness (QED) is 0.659. The van der Waals surface area contributed by atoms with E-state index < -0.39 is 26.7 Å². The minimum Gasteiger partial charge on any atom is -0.335 e. The molecular weight excluding hydrogens is 451 g/mol. The molecule has 1 aromatic carbocycles.